The van der Waals surface area contributed by atoms with E-state index >= 15 is 0 Å². The van der Waals surface area contributed by atoms with Crippen molar-refractivity contribution in [2.24, 2.45) is 0 Å². The predicted octanol–water partition coefficient (Wildman–Crippen LogP) is 25.1. The van der Waals surface area contributed by atoms with Crippen LogP contribution in [0.4, 0.5) is 0 Å². The molecule has 0 aromatic rings. The first-order valence-corrected chi connectivity index (χ1v) is 36.3. The van der Waals surface area contributed by atoms with Crippen LogP contribution >= 0.6 is 0 Å². The highest BCUT2D eigenvalue weighted by molar-refractivity contribution is 5.71. The molecule has 6 heteroatoms. The molecule has 0 aliphatic rings. The van der Waals surface area contributed by atoms with Gasteiger partial charge in [0.05, 0.1) is 0 Å². The quantitative estimate of drug-likeness (QED) is 0.0261. The molecular weight excluding hydrogens is 1010 g/mol. The molecule has 0 heterocycles. The van der Waals surface area contributed by atoms with Crippen LogP contribution in [0.1, 0.15) is 387 Å². The van der Waals surface area contributed by atoms with Crippen LogP contribution < -0.4 is 0 Å². The average molecular weight is 1150 g/mol. The molecule has 0 radical (unpaired) electrons. The van der Waals surface area contributed by atoms with E-state index in [0.29, 0.717) is 19.3 Å². The Labute approximate surface area is 510 Å². The first kappa shape index (κ1) is 79.1. The minimum atomic E-state index is -0.803. The second-order valence-electron chi connectivity index (χ2n) is 24.5. The third kappa shape index (κ3) is 67.9. The Morgan fingerprint density at radius 3 is 0.732 bits per heavy atom. The van der Waals surface area contributed by atoms with E-state index in [1.807, 2.05) is 0 Å². The van der Waals surface area contributed by atoms with E-state index in [1.165, 1.54) is 263 Å². The lowest BCUT2D eigenvalue weighted by Gasteiger charge is -2.18. The van der Waals surface area contributed by atoms with Crippen LogP contribution in [0.15, 0.2) is 60.8 Å². The zero-order valence-electron chi connectivity index (χ0n) is 55.0. The van der Waals surface area contributed by atoms with Crippen molar-refractivity contribution in [3.63, 3.8) is 0 Å². The third-order valence-electron chi connectivity index (χ3n) is 16.3. The standard InChI is InChI=1S/C76H138O6/c1-4-7-10-13-16-19-22-25-28-31-32-33-34-35-36-37-38-39-40-41-42-43-44-46-48-51-54-57-60-63-66-69-75(78)81-72-73(71-80-74(77)68-65-62-59-56-53-50-47-30-27-24-21-18-15-12-9-6-3)82-76(79)70-67-64-61-58-55-52-49-45-29-26-23-20-17-14-11-8-5-2/h8,11,17,20,26,29,49,52,58,61,73H,4-7,9-10,12-16,18-19,21-25,27-28,30-48,50-51,53-57,59-60,62-72H2,1-3H3/b11-8-,20-17-,29-26-,52-49-,61-58-. The molecule has 0 saturated heterocycles. The lowest BCUT2D eigenvalue weighted by molar-refractivity contribution is -0.167. The topological polar surface area (TPSA) is 78.9 Å². The largest absolute Gasteiger partial charge is 0.462 e. The predicted molar refractivity (Wildman–Crippen MR) is 358 cm³/mol. The van der Waals surface area contributed by atoms with Gasteiger partial charge in [-0.2, -0.15) is 0 Å². The van der Waals surface area contributed by atoms with Crippen molar-refractivity contribution in [2.45, 2.75) is 393 Å². The van der Waals surface area contributed by atoms with Gasteiger partial charge in [0, 0.05) is 19.3 Å². The van der Waals surface area contributed by atoms with Crippen molar-refractivity contribution < 1.29 is 28.6 Å². The van der Waals surface area contributed by atoms with Crippen LogP contribution in [0, 0.1) is 0 Å². The van der Waals surface area contributed by atoms with E-state index < -0.39 is 6.10 Å². The van der Waals surface area contributed by atoms with Crippen LogP contribution in [0.25, 0.3) is 0 Å². The molecule has 1 unspecified atom stereocenters. The highest BCUT2D eigenvalue weighted by Crippen LogP contribution is 2.19. The summed E-state index contributed by atoms with van der Waals surface area (Å²) in [5, 5.41) is 0. The van der Waals surface area contributed by atoms with Crippen LogP contribution in [-0.4, -0.2) is 37.2 Å². The van der Waals surface area contributed by atoms with Crippen LogP contribution in [0.3, 0.4) is 0 Å². The highest BCUT2D eigenvalue weighted by atomic mass is 16.6. The number of esters is 3. The van der Waals surface area contributed by atoms with Crippen molar-refractivity contribution in [1.82, 2.24) is 0 Å². The molecule has 0 fully saturated rings. The molecule has 0 aromatic carbocycles. The summed E-state index contributed by atoms with van der Waals surface area (Å²) in [6, 6.07) is 0. The van der Waals surface area contributed by atoms with Gasteiger partial charge in [-0.25, -0.2) is 0 Å². The number of hydrogen-bond acceptors (Lipinski definition) is 6. The van der Waals surface area contributed by atoms with Gasteiger partial charge in [0.1, 0.15) is 13.2 Å². The van der Waals surface area contributed by atoms with Gasteiger partial charge in [0.15, 0.2) is 6.10 Å². The number of ether oxygens (including phenoxy) is 3. The Morgan fingerprint density at radius 1 is 0.256 bits per heavy atom. The van der Waals surface area contributed by atoms with E-state index in [0.717, 1.165) is 77.0 Å². The fraction of sp³-hybridized carbons (Fsp3) is 0.829. The normalized spacial score (nSPS) is 12.4. The lowest BCUT2D eigenvalue weighted by atomic mass is 10.0. The molecular formula is C76H138O6. The first-order chi connectivity index (χ1) is 40.5. The average Bonchev–Trinajstić information content (AvgIpc) is 3.47. The smallest absolute Gasteiger partial charge is 0.306 e. The summed E-state index contributed by atoms with van der Waals surface area (Å²) >= 11 is 0. The van der Waals surface area contributed by atoms with E-state index in [4.69, 9.17) is 14.2 Å². The Hall–Kier alpha value is -2.89. The summed E-state index contributed by atoms with van der Waals surface area (Å²) in [7, 11) is 0. The minimum absolute atomic E-state index is 0.0920. The van der Waals surface area contributed by atoms with Gasteiger partial charge in [-0.1, -0.05) is 370 Å². The number of allylic oxidation sites excluding steroid dienone is 10. The fourth-order valence-electron chi connectivity index (χ4n) is 10.9. The molecule has 0 aromatic heterocycles. The van der Waals surface area contributed by atoms with Crippen LogP contribution in [-0.2, 0) is 28.6 Å². The van der Waals surface area contributed by atoms with Crippen molar-refractivity contribution in [3.05, 3.63) is 60.8 Å². The molecule has 0 aliphatic heterocycles. The van der Waals surface area contributed by atoms with Gasteiger partial charge in [-0.05, 0) is 57.8 Å². The first-order valence-electron chi connectivity index (χ1n) is 36.3. The minimum Gasteiger partial charge on any atom is -0.462 e. The van der Waals surface area contributed by atoms with E-state index in [2.05, 4.69) is 81.5 Å². The van der Waals surface area contributed by atoms with Gasteiger partial charge in [-0.15, -0.1) is 0 Å². The van der Waals surface area contributed by atoms with Crippen molar-refractivity contribution >= 4 is 17.9 Å². The zero-order chi connectivity index (χ0) is 59.2. The maximum Gasteiger partial charge on any atom is 0.306 e. The SMILES string of the molecule is CC/C=C\C/C=C\C/C=C\C/C=C\C/C=C\CCCC(=O)OC(COC(=O)CCCCCCCCCCCCCCCCCC)COC(=O)CCCCCCCCCCCCCCCCCCCCCCCCCCCCCCCCC. The second-order valence-corrected chi connectivity index (χ2v) is 24.5. The molecule has 0 saturated carbocycles. The Kier molecular flexibility index (Phi) is 68.1. The van der Waals surface area contributed by atoms with Crippen molar-refractivity contribution in [2.75, 3.05) is 13.2 Å². The molecule has 0 N–H and O–H groups in total. The Balaban J connectivity index is 4.22. The second kappa shape index (κ2) is 70.6. The number of unbranched alkanes of at least 4 members (excludes halogenated alkanes) is 46. The van der Waals surface area contributed by atoms with Crippen LogP contribution in [0.2, 0.25) is 0 Å². The maximum atomic E-state index is 12.9. The monoisotopic (exact) mass is 1150 g/mol. The molecule has 0 amide bonds. The Bertz CT molecular complexity index is 1460. The maximum absolute atomic E-state index is 12.9. The Morgan fingerprint density at radius 2 is 0.476 bits per heavy atom. The summed E-state index contributed by atoms with van der Waals surface area (Å²) in [6.07, 6.45) is 91.4. The zero-order valence-corrected chi connectivity index (χ0v) is 55.0. The summed E-state index contributed by atoms with van der Waals surface area (Å²) in [5.74, 6) is -0.926. The molecule has 0 spiro atoms. The molecule has 478 valence electrons. The number of carbonyl (C=O) groups is 3. The van der Waals surface area contributed by atoms with E-state index in [9.17, 15) is 14.4 Å². The fourth-order valence-corrected chi connectivity index (χ4v) is 10.9. The van der Waals surface area contributed by atoms with Gasteiger partial charge >= 0.3 is 17.9 Å². The highest BCUT2D eigenvalue weighted by Gasteiger charge is 2.19. The van der Waals surface area contributed by atoms with Gasteiger partial charge in [0.2, 0.25) is 0 Å². The van der Waals surface area contributed by atoms with Gasteiger partial charge < -0.3 is 14.2 Å². The number of rotatable bonds is 67. The molecule has 82 heavy (non-hydrogen) atoms. The summed E-state index contributed by atoms with van der Waals surface area (Å²) in [4.78, 5) is 38.4. The molecule has 0 aliphatic carbocycles. The third-order valence-corrected chi connectivity index (χ3v) is 16.3. The summed E-state index contributed by atoms with van der Waals surface area (Å²) < 4.78 is 16.9. The molecule has 0 bridgehead atoms. The lowest BCUT2D eigenvalue weighted by Crippen LogP contribution is -2.30. The van der Waals surface area contributed by atoms with Gasteiger partial charge in [-0.3, -0.25) is 14.4 Å². The van der Waals surface area contributed by atoms with Gasteiger partial charge in [0.25, 0.3) is 0 Å². The van der Waals surface area contributed by atoms with Crippen LogP contribution in [0.5, 0.6) is 0 Å². The molecule has 0 rings (SSSR count). The van der Waals surface area contributed by atoms with Crippen molar-refractivity contribution in [1.29, 1.82) is 0 Å². The van der Waals surface area contributed by atoms with E-state index in [-0.39, 0.29) is 37.5 Å². The summed E-state index contributed by atoms with van der Waals surface area (Å²) in [6.45, 7) is 6.55. The summed E-state index contributed by atoms with van der Waals surface area (Å²) in [5.41, 5.74) is 0. The number of carbonyl (C=O) groups excluding carboxylic acids is 3. The van der Waals surface area contributed by atoms with Crippen molar-refractivity contribution in [3.8, 4) is 0 Å². The molecule has 1 atom stereocenters. The van der Waals surface area contributed by atoms with E-state index in [1.54, 1.807) is 0 Å². The molecule has 6 nitrogen and oxygen atoms in total. The number of hydrogen-bond donors (Lipinski definition) is 0.